The molecule has 0 saturated carbocycles. The molecule has 0 aromatic heterocycles. The molecule has 0 aliphatic heterocycles. The summed E-state index contributed by atoms with van der Waals surface area (Å²) in [6.45, 7) is 0. The van der Waals surface area contributed by atoms with Crippen molar-refractivity contribution in [2.24, 2.45) is 0 Å². The molecule has 4 aromatic carbocycles. The van der Waals surface area contributed by atoms with Gasteiger partial charge in [-0.05, 0) is 39.3 Å². The summed E-state index contributed by atoms with van der Waals surface area (Å²) in [5, 5.41) is 37.8. The van der Waals surface area contributed by atoms with Gasteiger partial charge in [-0.3, -0.25) is 30.3 Å². The van der Waals surface area contributed by atoms with Gasteiger partial charge in [-0.15, -0.1) is 0 Å². The van der Waals surface area contributed by atoms with Crippen LogP contribution in [-0.4, -0.2) is 14.8 Å². The molecule has 4 aromatic rings. The molecular weight excluding hydrogens is 402 g/mol. The molecule has 0 spiro atoms. The van der Waals surface area contributed by atoms with Gasteiger partial charge in [0, 0.05) is 0 Å². The Morgan fingerprint density at radius 1 is 0.581 bits per heavy atom. The Kier molecular flexibility index (Phi) is 4.84. The topological polar surface area (TPSA) is 129 Å². The summed E-state index contributed by atoms with van der Waals surface area (Å²) < 4.78 is 0. The first-order chi connectivity index (χ1) is 14.9. The lowest BCUT2D eigenvalue weighted by Crippen LogP contribution is -2.00. The second kappa shape index (κ2) is 7.64. The fraction of sp³-hybridized carbons (Fsp3) is 0. The molecule has 0 unspecified atom stereocenters. The number of nitro groups is 3. The Morgan fingerprint density at radius 3 is 1.48 bits per heavy atom. The number of hydrogen-bond acceptors (Lipinski definition) is 6. The molecule has 0 aliphatic rings. The van der Waals surface area contributed by atoms with E-state index in [2.05, 4.69) is 0 Å². The average Bonchev–Trinajstić information content (AvgIpc) is 2.75. The first-order valence-electron chi connectivity index (χ1n) is 9.06. The van der Waals surface area contributed by atoms with Crippen molar-refractivity contribution < 1.29 is 14.8 Å². The average molecular weight is 415 g/mol. The van der Waals surface area contributed by atoms with Crippen molar-refractivity contribution in [3.05, 3.63) is 108 Å². The molecular formula is C22H13N3O6. The van der Waals surface area contributed by atoms with E-state index in [0.29, 0.717) is 0 Å². The molecule has 0 atom stereocenters. The van der Waals surface area contributed by atoms with E-state index in [1.807, 2.05) is 54.6 Å². The first-order valence-corrected chi connectivity index (χ1v) is 9.06. The smallest absolute Gasteiger partial charge is 0.258 e. The molecule has 0 radical (unpaired) electrons. The summed E-state index contributed by atoms with van der Waals surface area (Å²) in [6, 6.07) is 18.6. The van der Waals surface area contributed by atoms with Crippen LogP contribution in [-0.2, 0) is 0 Å². The van der Waals surface area contributed by atoms with Crippen LogP contribution in [0.15, 0.2) is 66.7 Å². The SMILES string of the molecule is O=[N+]([O-])c1cc([N+](=O)[O-])c(C=Cc2c3ccccc3cc3ccccc23)c([N+](=O)[O-])c1. The molecule has 0 saturated heterocycles. The normalized spacial score (nSPS) is 11.2. The predicted molar refractivity (Wildman–Crippen MR) is 117 cm³/mol. The number of hydrogen-bond donors (Lipinski definition) is 0. The number of benzene rings is 4. The van der Waals surface area contributed by atoms with Crippen LogP contribution >= 0.6 is 0 Å². The van der Waals surface area contributed by atoms with Crippen LogP contribution in [0.25, 0.3) is 33.7 Å². The van der Waals surface area contributed by atoms with Gasteiger partial charge in [0.1, 0.15) is 5.56 Å². The van der Waals surface area contributed by atoms with Crippen LogP contribution in [0.4, 0.5) is 17.1 Å². The molecule has 0 N–H and O–H groups in total. The van der Waals surface area contributed by atoms with Crippen LogP contribution in [0.2, 0.25) is 0 Å². The Labute approximate surface area is 174 Å². The number of rotatable bonds is 5. The van der Waals surface area contributed by atoms with Crippen LogP contribution < -0.4 is 0 Å². The van der Waals surface area contributed by atoms with Crippen molar-refractivity contribution >= 4 is 50.8 Å². The molecule has 152 valence electrons. The fourth-order valence-corrected chi connectivity index (χ4v) is 3.58. The lowest BCUT2D eigenvalue weighted by molar-refractivity contribution is -0.403. The van der Waals surface area contributed by atoms with Crippen molar-refractivity contribution in [2.75, 3.05) is 0 Å². The van der Waals surface area contributed by atoms with E-state index in [0.717, 1.165) is 39.2 Å². The van der Waals surface area contributed by atoms with Crippen LogP contribution in [0, 0.1) is 30.3 Å². The molecule has 0 heterocycles. The van der Waals surface area contributed by atoms with Gasteiger partial charge in [-0.25, -0.2) is 0 Å². The zero-order valence-electron chi connectivity index (χ0n) is 15.8. The third kappa shape index (κ3) is 3.55. The molecule has 31 heavy (non-hydrogen) atoms. The van der Waals surface area contributed by atoms with Crippen molar-refractivity contribution in [3.63, 3.8) is 0 Å². The van der Waals surface area contributed by atoms with E-state index in [9.17, 15) is 30.3 Å². The number of nitro benzene ring substituents is 3. The van der Waals surface area contributed by atoms with E-state index in [1.54, 1.807) is 6.08 Å². The summed E-state index contributed by atoms with van der Waals surface area (Å²) >= 11 is 0. The molecule has 0 fully saturated rings. The predicted octanol–water partition coefficient (Wildman–Crippen LogP) is 5.89. The summed E-state index contributed by atoms with van der Waals surface area (Å²) in [4.78, 5) is 31.5. The van der Waals surface area contributed by atoms with E-state index < -0.39 is 31.8 Å². The maximum atomic E-state index is 11.5. The van der Waals surface area contributed by atoms with Gasteiger partial charge in [0.2, 0.25) is 0 Å². The van der Waals surface area contributed by atoms with Crippen molar-refractivity contribution in [2.45, 2.75) is 0 Å². The van der Waals surface area contributed by atoms with Gasteiger partial charge in [0.25, 0.3) is 17.1 Å². The zero-order chi connectivity index (χ0) is 22.1. The van der Waals surface area contributed by atoms with Crippen LogP contribution in [0.3, 0.4) is 0 Å². The largest absolute Gasteiger partial charge is 0.290 e. The third-order valence-electron chi connectivity index (χ3n) is 4.95. The van der Waals surface area contributed by atoms with E-state index in [4.69, 9.17) is 0 Å². The van der Waals surface area contributed by atoms with Gasteiger partial charge in [-0.2, -0.15) is 0 Å². The van der Waals surface area contributed by atoms with Gasteiger partial charge in [0.05, 0.1) is 26.9 Å². The molecule has 0 amide bonds. The highest BCUT2D eigenvalue weighted by molar-refractivity contribution is 6.08. The number of non-ortho nitro benzene ring substituents is 1. The quantitative estimate of drug-likeness (QED) is 0.173. The summed E-state index contributed by atoms with van der Waals surface area (Å²) in [5.74, 6) is 0. The first kappa shape index (κ1) is 19.6. The molecule has 9 heteroatoms. The number of fused-ring (bicyclic) bond motifs is 2. The van der Waals surface area contributed by atoms with Crippen LogP contribution in [0.1, 0.15) is 11.1 Å². The highest BCUT2D eigenvalue weighted by Crippen LogP contribution is 2.36. The van der Waals surface area contributed by atoms with Gasteiger partial charge in [0.15, 0.2) is 0 Å². The Bertz CT molecular complexity index is 1340. The zero-order valence-corrected chi connectivity index (χ0v) is 15.8. The third-order valence-corrected chi connectivity index (χ3v) is 4.95. The molecule has 4 rings (SSSR count). The van der Waals surface area contributed by atoms with E-state index >= 15 is 0 Å². The molecule has 0 aliphatic carbocycles. The van der Waals surface area contributed by atoms with Crippen molar-refractivity contribution in [1.82, 2.24) is 0 Å². The lowest BCUT2D eigenvalue weighted by atomic mass is 9.96. The fourth-order valence-electron chi connectivity index (χ4n) is 3.58. The van der Waals surface area contributed by atoms with Crippen molar-refractivity contribution in [3.8, 4) is 0 Å². The number of nitrogens with zero attached hydrogens (tertiary/aromatic N) is 3. The summed E-state index contributed by atoms with van der Waals surface area (Å²) in [6.07, 6.45) is 2.85. The van der Waals surface area contributed by atoms with Crippen molar-refractivity contribution in [1.29, 1.82) is 0 Å². The van der Waals surface area contributed by atoms with Gasteiger partial charge in [-0.1, -0.05) is 54.6 Å². The highest BCUT2D eigenvalue weighted by atomic mass is 16.6. The minimum absolute atomic E-state index is 0.308. The maximum absolute atomic E-state index is 11.5. The Hall–Kier alpha value is -4.66. The summed E-state index contributed by atoms with van der Waals surface area (Å²) in [7, 11) is 0. The maximum Gasteiger partial charge on any atom is 0.290 e. The second-order valence-electron chi connectivity index (χ2n) is 6.73. The van der Waals surface area contributed by atoms with Crippen LogP contribution in [0.5, 0.6) is 0 Å². The molecule has 0 bridgehead atoms. The monoisotopic (exact) mass is 415 g/mol. The molecule has 9 nitrogen and oxygen atoms in total. The van der Waals surface area contributed by atoms with Gasteiger partial charge < -0.3 is 0 Å². The Balaban J connectivity index is 2.01. The van der Waals surface area contributed by atoms with E-state index in [-0.39, 0.29) is 5.56 Å². The van der Waals surface area contributed by atoms with Gasteiger partial charge >= 0.3 is 0 Å². The second-order valence-corrected chi connectivity index (χ2v) is 6.73. The standard InChI is InChI=1S/C22H13N3O6/c26-23(27)16-12-21(24(28)29)20(22(13-16)25(30)31)10-9-19-17-7-3-1-5-14(17)11-15-6-2-4-8-18(15)19/h1-13H. The Morgan fingerprint density at radius 2 is 1.03 bits per heavy atom. The van der Waals surface area contributed by atoms with E-state index in [1.165, 1.54) is 6.08 Å². The lowest BCUT2D eigenvalue weighted by Gasteiger charge is -2.08. The minimum Gasteiger partial charge on any atom is -0.258 e. The summed E-state index contributed by atoms with van der Waals surface area (Å²) in [5.41, 5.74) is -1.71. The minimum atomic E-state index is -0.897. The highest BCUT2D eigenvalue weighted by Gasteiger charge is 2.28.